The van der Waals surface area contributed by atoms with Gasteiger partial charge in [0.25, 0.3) is 0 Å². The SMILES string of the molecule is CC(CCc1ccco1)Nc1ccnc2ccccc12. The normalized spacial score (nSPS) is 12.4. The first-order valence-electron chi connectivity index (χ1n) is 6.95. The van der Waals surface area contributed by atoms with Gasteiger partial charge in [0.15, 0.2) is 0 Å². The van der Waals surface area contributed by atoms with Crippen LogP contribution in [0.1, 0.15) is 19.1 Å². The second-order valence-electron chi connectivity index (χ2n) is 5.04. The summed E-state index contributed by atoms with van der Waals surface area (Å²) in [6.45, 7) is 2.19. The summed E-state index contributed by atoms with van der Waals surface area (Å²) in [5.74, 6) is 1.04. The van der Waals surface area contributed by atoms with Crippen molar-refractivity contribution in [3.63, 3.8) is 0 Å². The van der Waals surface area contributed by atoms with Gasteiger partial charge in [-0.25, -0.2) is 0 Å². The summed E-state index contributed by atoms with van der Waals surface area (Å²) < 4.78 is 5.37. The van der Waals surface area contributed by atoms with Gasteiger partial charge in [0, 0.05) is 29.7 Å². The molecule has 0 saturated heterocycles. The zero-order valence-electron chi connectivity index (χ0n) is 11.5. The van der Waals surface area contributed by atoms with Crippen molar-refractivity contribution in [2.24, 2.45) is 0 Å². The van der Waals surface area contributed by atoms with Gasteiger partial charge in [0.05, 0.1) is 11.8 Å². The Morgan fingerprint density at radius 2 is 2.05 bits per heavy atom. The summed E-state index contributed by atoms with van der Waals surface area (Å²) in [5, 5.41) is 4.73. The van der Waals surface area contributed by atoms with Crippen LogP contribution in [0.5, 0.6) is 0 Å². The van der Waals surface area contributed by atoms with Gasteiger partial charge in [-0.05, 0) is 37.6 Å². The maximum absolute atomic E-state index is 5.37. The van der Waals surface area contributed by atoms with Crippen molar-refractivity contribution in [3.05, 3.63) is 60.7 Å². The first-order valence-corrected chi connectivity index (χ1v) is 6.95. The van der Waals surface area contributed by atoms with Gasteiger partial charge in [0.2, 0.25) is 0 Å². The van der Waals surface area contributed by atoms with Crippen molar-refractivity contribution >= 4 is 16.6 Å². The number of nitrogens with zero attached hydrogens (tertiary/aromatic N) is 1. The van der Waals surface area contributed by atoms with E-state index in [9.17, 15) is 0 Å². The van der Waals surface area contributed by atoms with Gasteiger partial charge < -0.3 is 9.73 Å². The number of furan rings is 1. The molecule has 1 atom stereocenters. The molecule has 102 valence electrons. The molecule has 2 aromatic heterocycles. The lowest BCUT2D eigenvalue weighted by atomic mass is 10.1. The minimum absolute atomic E-state index is 0.380. The molecule has 3 aromatic rings. The largest absolute Gasteiger partial charge is 0.469 e. The number of hydrogen-bond donors (Lipinski definition) is 1. The van der Waals surface area contributed by atoms with Crippen LogP contribution >= 0.6 is 0 Å². The molecule has 0 aliphatic rings. The molecule has 3 heteroatoms. The first kappa shape index (κ1) is 12.7. The molecule has 20 heavy (non-hydrogen) atoms. The molecule has 2 heterocycles. The third kappa shape index (κ3) is 2.82. The van der Waals surface area contributed by atoms with Crippen LogP contribution in [0.3, 0.4) is 0 Å². The van der Waals surface area contributed by atoms with E-state index in [0.29, 0.717) is 6.04 Å². The Morgan fingerprint density at radius 1 is 1.15 bits per heavy atom. The summed E-state index contributed by atoms with van der Waals surface area (Å²) in [6.07, 6.45) is 5.56. The third-order valence-corrected chi connectivity index (χ3v) is 3.45. The molecule has 0 bridgehead atoms. The number of hydrogen-bond acceptors (Lipinski definition) is 3. The molecule has 0 radical (unpaired) electrons. The molecule has 0 spiro atoms. The fourth-order valence-electron chi connectivity index (χ4n) is 2.37. The van der Waals surface area contributed by atoms with Crippen molar-refractivity contribution in [1.29, 1.82) is 0 Å². The lowest BCUT2D eigenvalue weighted by Gasteiger charge is -2.16. The number of aryl methyl sites for hydroxylation is 1. The maximum Gasteiger partial charge on any atom is 0.103 e. The summed E-state index contributed by atoms with van der Waals surface area (Å²) in [7, 11) is 0. The number of rotatable bonds is 5. The lowest BCUT2D eigenvalue weighted by Crippen LogP contribution is -2.16. The quantitative estimate of drug-likeness (QED) is 0.749. The molecule has 1 unspecified atom stereocenters. The Kier molecular flexibility index (Phi) is 3.68. The van der Waals surface area contributed by atoms with Crippen LogP contribution in [0.4, 0.5) is 5.69 Å². The smallest absolute Gasteiger partial charge is 0.103 e. The van der Waals surface area contributed by atoms with E-state index in [1.165, 1.54) is 5.39 Å². The number of nitrogens with one attached hydrogen (secondary N) is 1. The fraction of sp³-hybridized carbons (Fsp3) is 0.235. The van der Waals surface area contributed by atoms with Gasteiger partial charge >= 0.3 is 0 Å². The first-order chi connectivity index (χ1) is 9.83. The van der Waals surface area contributed by atoms with Gasteiger partial charge in [0.1, 0.15) is 5.76 Å². The number of para-hydroxylation sites is 1. The Morgan fingerprint density at radius 3 is 2.90 bits per heavy atom. The topological polar surface area (TPSA) is 38.1 Å². The van der Waals surface area contributed by atoms with E-state index in [0.717, 1.165) is 29.8 Å². The average molecular weight is 266 g/mol. The second-order valence-corrected chi connectivity index (χ2v) is 5.04. The Hall–Kier alpha value is -2.29. The Balaban J connectivity index is 1.69. The molecule has 0 aliphatic carbocycles. The molecule has 1 N–H and O–H groups in total. The predicted octanol–water partition coefficient (Wildman–Crippen LogP) is 4.26. The molecule has 0 fully saturated rings. The van der Waals surface area contributed by atoms with Crippen molar-refractivity contribution in [3.8, 4) is 0 Å². The van der Waals surface area contributed by atoms with Crippen LogP contribution < -0.4 is 5.32 Å². The van der Waals surface area contributed by atoms with Crippen LogP contribution in [0.15, 0.2) is 59.3 Å². The van der Waals surface area contributed by atoms with Crippen molar-refractivity contribution in [2.75, 3.05) is 5.32 Å². The molecule has 3 rings (SSSR count). The summed E-state index contributed by atoms with van der Waals surface area (Å²) in [6, 6.07) is 14.6. The summed E-state index contributed by atoms with van der Waals surface area (Å²) in [5.41, 5.74) is 2.17. The number of aromatic nitrogens is 1. The van der Waals surface area contributed by atoms with Gasteiger partial charge in [-0.3, -0.25) is 4.98 Å². The lowest BCUT2D eigenvalue weighted by molar-refractivity contribution is 0.495. The summed E-state index contributed by atoms with van der Waals surface area (Å²) in [4.78, 5) is 4.38. The molecule has 0 amide bonds. The Labute approximate surface area is 118 Å². The standard InChI is InChI=1S/C17H18N2O/c1-13(8-9-14-5-4-12-20-14)19-17-10-11-18-16-7-3-2-6-15(16)17/h2-7,10-13H,8-9H2,1H3,(H,18,19). The highest BCUT2D eigenvalue weighted by Crippen LogP contribution is 2.22. The van der Waals surface area contributed by atoms with Crippen molar-refractivity contribution < 1.29 is 4.42 Å². The monoisotopic (exact) mass is 266 g/mol. The van der Waals surface area contributed by atoms with E-state index in [2.05, 4.69) is 23.3 Å². The van der Waals surface area contributed by atoms with Gasteiger partial charge in [-0.1, -0.05) is 18.2 Å². The Bertz CT molecular complexity index is 671. The number of anilines is 1. The van der Waals surface area contributed by atoms with E-state index < -0.39 is 0 Å². The van der Waals surface area contributed by atoms with Crippen LogP contribution in [0.25, 0.3) is 10.9 Å². The van der Waals surface area contributed by atoms with Crippen molar-refractivity contribution in [2.45, 2.75) is 25.8 Å². The van der Waals surface area contributed by atoms with E-state index in [1.54, 1.807) is 6.26 Å². The molecular formula is C17H18N2O. The highest BCUT2D eigenvalue weighted by atomic mass is 16.3. The number of pyridine rings is 1. The minimum Gasteiger partial charge on any atom is -0.469 e. The highest BCUT2D eigenvalue weighted by Gasteiger charge is 2.07. The second kappa shape index (κ2) is 5.78. The zero-order valence-corrected chi connectivity index (χ0v) is 11.5. The zero-order chi connectivity index (χ0) is 13.8. The number of benzene rings is 1. The van der Waals surface area contributed by atoms with Crippen LogP contribution in [-0.2, 0) is 6.42 Å². The van der Waals surface area contributed by atoms with Gasteiger partial charge in [-0.2, -0.15) is 0 Å². The average Bonchev–Trinajstić information content (AvgIpc) is 2.99. The van der Waals surface area contributed by atoms with Crippen LogP contribution in [-0.4, -0.2) is 11.0 Å². The molecular weight excluding hydrogens is 248 g/mol. The van der Waals surface area contributed by atoms with Crippen LogP contribution in [0.2, 0.25) is 0 Å². The van der Waals surface area contributed by atoms with E-state index in [4.69, 9.17) is 4.42 Å². The molecule has 0 aliphatic heterocycles. The minimum atomic E-state index is 0.380. The van der Waals surface area contributed by atoms with Crippen molar-refractivity contribution in [1.82, 2.24) is 4.98 Å². The van der Waals surface area contributed by atoms with E-state index >= 15 is 0 Å². The summed E-state index contributed by atoms with van der Waals surface area (Å²) >= 11 is 0. The fourth-order valence-corrected chi connectivity index (χ4v) is 2.37. The predicted molar refractivity (Wildman–Crippen MR) is 81.9 cm³/mol. The molecule has 3 nitrogen and oxygen atoms in total. The van der Waals surface area contributed by atoms with Crippen LogP contribution in [0, 0.1) is 0 Å². The highest BCUT2D eigenvalue weighted by molar-refractivity contribution is 5.90. The van der Waals surface area contributed by atoms with E-state index in [-0.39, 0.29) is 0 Å². The van der Waals surface area contributed by atoms with Gasteiger partial charge in [-0.15, -0.1) is 0 Å². The third-order valence-electron chi connectivity index (χ3n) is 3.45. The molecule has 1 aromatic carbocycles. The number of fused-ring (bicyclic) bond motifs is 1. The van der Waals surface area contributed by atoms with E-state index in [1.807, 2.05) is 42.6 Å². The maximum atomic E-state index is 5.37. The molecule has 0 saturated carbocycles.